The molecule has 0 bridgehead atoms. The maximum absolute atomic E-state index is 11.2. The molecule has 1 saturated heterocycles. The summed E-state index contributed by atoms with van der Waals surface area (Å²) in [6, 6.07) is 0.0955. The highest BCUT2D eigenvalue weighted by Crippen LogP contribution is 2.31. The van der Waals surface area contributed by atoms with Crippen molar-refractivity contribution in [1.82, 2.24) is 9.62 Å². The van der Waals surface area contributed by atoms with Gasteiger partial charge in [-0.3, -0.25) is 0 Å². The zero-order chi connectivity index (χ0) is 14.0. The molecule has 1 N–H and O–H groups in total. The molecule has 1 aliphatic heterocycles. The van der Waals surface area contributed by atoms with Crippen LogP contribution in [0.15, 0.2) is 11.6 Å². The van der Waals surface area contributed by atoms with Crippen LogP contribution in [-0.2, 0) is 10.0 Å². The molecule has 2 rings (SSSR count). The van der Waals surface area contributed by atoms with Gasteiger partial charge in [-0.15, -0.1) is 0 Å². The minimum atomic E-state index is -3.07. The van der Waals surface area contributed by atoms with Crippen LogP contribution in [0.5, 0.6) is 0 Å². The van der Waals surface area contributed by atoms with Crippen molar-refractivity contribution in [3.8, 4) is 0 Å². The third kappa shape index (κ3) is 4.29. The van der Waals surface area contributed by atoms with Crippen LogP contribution in [0.4, 0.5) is 0 Å². The molecule has 1 fully saturated rings. The average Bonchev–Trinajstić information content (AvgIpc) is 2.69. The maximum atomic E-state index is 11.2. The Morgan fingerprint density at radius 3 is 2.79 bits per heavy atom. The smallest absolute Gasteiger partial charge is 0.208 e. The lowest BCUT2D eigenvalue weighted by Gasteiger charge is -2.32. The molecule has 110 valence electrons. The number of sulfonamides is 1. The van der Waals surface area contributed by atoms with Gasteiger partial charge in [0.05, 0.1) is 6.26 Å². The lowest BCUT2D eigenvalue weighted by Crippen LogP contribution is -2.38. The second-order valence-electron chi connectivity index (χ2n) is 6.24. The lowest BCUT2D eigenvalue weighted by atomic mass is 9.80. The van der Waals surface area contributed by atoms with Crippen molar-refractivity contribution < 1.29 is 8.42 Å². The largest absolute Gasteiger partial charge is 0.301 e. The summed E-state index contributed by atoms with van der Waals surface area (Å²) in [6.45, 7) is 7.50. The van der Waals surface area contributed by atoms with Crippen LogP contribution in [-0.4, -0.2) is 45.2 Å². The Hall–Kier alpha value is -0.390. The zero-order valence-corrected chi connectivity index (χ0v) is 13.0. The van der Waals surface area contributed by atoms with Crippen molar-refractivity contribution >= 4 is 10.0 Å². The Morgan fingerprint density at radius 1 is 1.42 bits per heavy atom. The summed E-state index contributed by atoms with van der Waals surface area (Å²) in [4.78, 5) is 2.41. The van der Waals surface area contributed by atoms with E-state index >= 15 is 0 Å². The normalized spacial score (nSPS) is 33.4. The molecule has 0 aromatic carbocycles. The van der Waals surface area contributed by atoms with Gasteiger partial charge in [0.2, 0.25) is 10.0 Å². The number of hydrogen-bond donors (Lipinski definition) is 1. The van der Waals surface area contributed by atoms with E-state index in [0.717, 1.165) is 32.0 Å². The Labute approximate surface area is 117 Å². The van der Waals surface area contributed by atoms with Gasteiger partial charge in [-0.2, -0.15) is 0 Å². The number of allylic oxidation sites excluding steroid dienone is 1. The van der Waals surface area contributed by atoms with Crippen LogP contribution in [0.25, 0.3) is 0 Å². The van der Waals surface area contributed by atoms with E-state index in [4.69, 9.17) is 0 Å². The van der Waals surface area contributed by atoms with Gasteiger partial charge >= 0.3 is 0 Å². The first kappa shape index (κ1) is 15.0. The van der Waals surface area contributed by atoms with Gasteiger partial charge in [0, 0.05) is 19.1 Å². The molecule has 0 spiro atoms. The second-order valence-corrected chi connectivity index (χ2v) is 8.02. The Bertz CT molecular complexity index is 444. The predicted octanol–water partition coefficient (Wildman–Crippen LogP) is 1.60. The number of likely N-dealkylation sites (tertiary alicyclic amines) is 1. The molecule has 0 aromatic rings. The van der Waals surface area contributed by atoms with Crippen molar-refractivity contribution in [2.45, 2.75) is 39.2 Å². The van der Waals surface area contributed by atoms with E-state index in [0.29, 0.717) is 5.92 Å². The summed E-state index contributed by atoms with van der Waals surface area (Å²) in [6.07, 6.45) is 7.03. The quantitative estimate of drug-likeness (QED) is 0.799. The third-order valence-electron chi connectivity index (χ3n) is 4.47. The molecule has 0 amide bonds. The molecule has 1 heterocycles. The first-order valence-electron chi connectivity index (χ1n) is 7.21. The molecular formula is C14H26N2O2S. The standard InChI is InChI=1S/C14H26N2O2S/c1-11-5-4-6-12(2)14(11)10-16-8-7-13(9-16)15-19(3,17)18/h5,12-15H,4,6-10H2,1-3H3/t12-,13-,14+/m0/s1. The van der Waals surface area contributed by atoms with Crippen LogP contribution < -0.4 is 4.72 Å². The summed E-state index contributed by atoms with van der Waals surface area (Å²) in [5.74, 6) is 1.39. The van der Waals surface area contributed by atoms with Crippen LogP contribution >= 0.6 is 0 Å². The van der Waals surface area contributed by atoms with Crippen LogP contribution in [0.1, 0.15) is 33.1 Å². The zero-order valence-electron chi connectivity index (χ0n) is 12.2. The maximum Gasteiger partial charge on any atom is 0.208 e. The van der Waals surface area contributed by atoms with Gasteiger partial charge in [0.1, 0.15) is 0 Å². The average molecular weight is 286 g/mol. The van der Waals surface area contributed by atoms with Gasteiger partial charge in [-0.05, 0) is 44.6 Å². The van der Waals surface area contributed by atoms with Crippen molar-refractivity contribution in [3.63, 3.8) is 0 Å². The summed E-state index contributed by atoms with van der Waals surface area (Å²) in [5, 5.41) is 0. The summed E-state index contributed by atoms with van der Waals surface area (Å²) < 4.78 is 25.2. The van der Waals surface area contributed by atoms with E-state index in [2.05, 4.69) is 29.5 Å². The molecule has 0 unspecified atom stereocenters. The van der Waals surface area contributed by atoms with E-state index < -0.39 is 10.0 Å². The SMILES string of the molecule is CC1=CCC[C@H](C)[C@@H]1CN1CC[C@H](NS(C)(=O)=O)C1. The van der Waals surface area contributed by atoms with Crippen molar-refractivity contribution in [2.75, 3.05) is 25.9 Å². The minimum Gasteiger partial charge on any atom is -0.301 e. The van der Waals surface area contributed by atoms with E-state index in [1.165, 1.54) is 24.7 Å². The van der Waals surface area contributed by atoms with Gasteiger partial charge in [0.15, 0.2) is 0 Å². The first-order chi connectivity index (χ1) is 8.85. The molecule has 0 radical (unpaired) electrons. The highest BCUT2D eigenvalue weighted by atomic mass is 32.2. The topological polar surface area (TPSA) is 49.4 Å². The van der Waals surface area contributed by atoms with E-state index in [1.54, 1.807) is 0 Å². The fourth-order valence-corrected chi connectivity index (χ4v) is 4.17. The number of rotatable bonds is 4. The van der Waals surface area contributed by atoms with Gasteiger partial charge in [-0.25, -0.2) is 13.1 Å². The van der Waals surface area contributed by atoms with Crippen LogP contribution in [0, 0.1) is 11.8 Å². The molecule has 3 atom stereocenters. The van der Waals surface area contributed by atoms with Crippen molar-refractivity contribution in [1.29, 1.82) is 0 Å². The van der Waals surface area contributed by atoms with Crippen molar-refractivity contribution in [2.24, 2.45) is 11.8 Å². The van der Waals surface area contributed by atoms with E-state index in [1.807, 2.05) is 0 Å². The molecule has 4 nitrogen and oxygen atoms in total. The number of nitrogens with zero attached hydrogens (tertiary/aromatic N) is 1. The molecule has 19 heavy (non-hydrogen) atoms. The van der Waals surface area contributed by atoms with Crippen LogP contribution in [0.3, 0.4) is 0 Å². The summed E-state index contributed by atoms with van der Waals surface area (Å²) >= 11 is 0. The third-order valence-corrected chi connectivity index (χ3v) is 5.23. The Balaban J connectivity index is 1.88. The van der Waals surface area contributed by atoms with Crippen molar-refractivity contribution in [3.05, 3.63) is 11.6 Å². The Kier molecular flexibility index (Phi) is 4.69. The summed E-state index contributed by atoms with van der Waals surface area (Å²) in [5.41, 5.74) is 1.51. The minimum absolute atomic E-state index is 0.0955. The fraction of sp³-hybridized carbons (Fsp3) is 0.857. The monoisotopic (exact) mass is 286 g/mol. The molecule has 5 heteroatoms. The Morgan fingerprint density at radius 2 is 2.16 bits per heavy atom. The van der Waals surface area contributed by atoms with E-state index in [9.17, 15) is 8.42 Å². The molecule has 1 aliphatic carbocycles. The van der Waals surface area contributed by atoms with Gasteiger partial charge in [-0.1, -0.05) is 18.6 Å². The molecule has 2 aliphatic rings. The first-order valence-corrected chi connectivity index (χ1v) is 9.10. The number of nitrogens with one attached hydrogen (secondary N) is 1. The van der Waals surface area contributed by atoms with Gasteiger partial charge < -0.3 is 4.90 Å². The van der Waals surface area contributed by atoms with Crippen LogP contribution in [0.2, 0.25) is 0 Å². The molecule has 0 saturated carbocycles. The number of hydrogen-bond acceptors (Lipinski definition) is 3. The second kappa shape index (κ2) is 5.94. The predicted molar refractivity (Wildman–Crippen MR) is 78.5 cm³/mol. The van der Waals surface area contributed by atoms with E-state index in [-0.39, 0.29) is 6.04 Å². The van der Waals surface area contributed by atoms with Gasteiger partial charge in [0.25, 0.3) is 0 Å². The highest BCUT2D eigenvalue weighted by molar-refractivity contribution is 7.88. The summed E-state index contributed by atoms with van der Waals surface area (Å²) in [7, 11) is -3.07. The molecule has 0 aromatic heterocycles. The molecular weight excluding hydrogens is 260 g/mol. The lowest BCUT2D eigenvalue weighted by molar-refractivity contribution is 0.237. The fourth-order valence-electron chi connectivity index (χ4n) is 3.37. The highest BCUT2D eigenvalue weighted by Gasteiger charge is 2.29.